The number of hydrogen-bond acceptors (Lipinski definition) is 0. The summed E-state index contributed by atoms with van der Waals surface area (Å²) in [5, 5.41) is 2.66. The van der Waals surface area contributed by atoms with E-state index in [9.17, 15) is 0 Å². The van der Waals surface area contributed by atoms with Crippen molar-refractivity contribution in [1.29, 1.82) is 0 Å². The summed E-state index contributed by atoms with van der Waals surface area (Å²) in [6.07, 6.45) is 8.45. The molecule has 0 bridgehead atoms. The van der Waals surface area contributed by atoms with Crippen molar-refractivity contribution in [3.8, 4) is 0 Å². The van der Waals surface area contributed by atoms with Gasteiger partial charge in [-0.25, -0.2) is 11.6 Å². The molecule has 0 nitrogen and oxygen atoms in total. The van der Waals surface area contributed by atoms with Crippen molar-refractivity contribution in [3.63, 3.8) is 0 Å². The van der Waals surface area contributed by atoms with Crippen molar-refractivity contribution in [2.24, 2.45) is 0 Å². The summed E-state index contributed by atoms with van der Waals surface area (Å²) in [5.74, 6) is 0. The minimum absolute atomic E-state index is 0. The Morgan fingerprint density at radius 1 is 1.14 bits per heavy atom. The summed E-state index contributed by atoms with van der Waals surface area (Å²) in [5.41, 5.74) is 1.27. The van der Waals surface area contributed by atoms with Crippen LogP contribution in [0.4, 0.5) is 0 Å². The molecule has 0 fully saturated rings. The van der Waals surface area contributed by atoms with Crippen LogP contribution in [0.25, 0.3) is 10.8 Å². The summed E-state index contributed by atoms with van der Waals surface area (Å²) < 4.78 is 0. The largest absolute Gasteiger partial charge is 1.00 e. The van der Waals surface area contributed by atoms with E-state index in [1.807, 2.05) is 0 Å². The first-order valence-corrected chi connectivity index (χ1v) is 11.3. The van der Waals surface area contributed by atoms with Gasteiger partial charge >= 0.3 is 38.5 Å². The number of rotatable bonds is 0. The Kier molecular flexibility index (Phi) is 14.8. The Labute approximate surface area is 153 Å². The molecule has 21 heavy (non-hydrogen) atoms. The zero-order chi connectivity index (χ0) is 14.1. The molecule has 0 saturated heterocycles. The van der Waals surface area contributed by atoms with Gasteiger partial charge in [0.1, 0.15) is 0 Å². The number of allylic oxidation sites excluding steroid dienone is 4. The molecular formula is C17H20Cl2SiTi-2. The molecule has 0 spiro atoms. The molecule has 2 aromatic carbocycles. The maximum atomic E-state index is 3.12. The van der Waals surface area contributed by atoms with Gasteiger partial charge in [0, 0.05) is 0 Å². The van der Waals surface area contributed by atoms with Crippen molar-refractivity contribution < 1.29 is 44.0 Å². The number of hydrogen-bond donors (Lipinski definition) is 0. The number of halogens is 2. The molecule has 0 amide bonds. The first kappa shape index (κ1) is 23.1. The Morgan fingerprint density at radius 3 is 2.19 bits per heavy atom. The first-order chi connectivity index (χ1) is 9.09. The molecule has 4 heteroatoms. The van der Waals surface area contributed by atoms with E-state index in [1.54, 1.807) is 0 Å². The van der Waals surface area contributed by atoms with Gasteiger partial charge in [-0.3, -0.25) is 6.08 Å². The summed E-state index contributed by atoms with van der Waals surface area (Å²) in [6, 6.07) is 14.7. The SMILES string of the molecule is CC1=[C-]CC=C1.C[Si](C)=[Ti+2].[Cl-].[Cl-].c1ccc2[cH-]ccc2c1. The molecule has 2 aromatic rings. The monoisotopic (exact) mass is 370 g/mol. The molecule has 0 heterocycles. The van der Waals surface area contributed by atoms with Gasteiger partial charge < -0.3 is 24.8 Å². The molecule has 0 aromatic heterocycles. The predicted molar refractivity (Wildman–Crippen MR) is 83.2 cm³/mol. The average molecular weight is 371 g/mol. The van der Waals surface area contributed by atoms with Gasteiger partial charge in [0.2, 0.25) is 0 Å². The molecule has 0 unspecified atom stereocenters. The maximum absolute atomic E-state index is 3.12. The fraction of sp³-hybridized carbons (Fsp3) is 0.235. The third-order valence-corrected chi connectivity index (χ3v) is 2.41. The fourth-order valence-electron chi connectivity index (χ4n) is 1.58. The van der Waals surface area contributed by atoms with Crippen LogP contribution in [0.15, 0.2) is 60.2 Å². The van der Waals surface area contributed by atoms with Crippen LogP contribution in [0.1, 0.15) is 13.3 Å². The minimum atomic E-state index is 0. The number of benzene rings is 1. The second-order valence-electron chi connectivity index (χ2n) is 4.62. The Bertz CT molecular complexity index is 548. The van der Waals surface area contributed by atoms with Crippen molar-refractivity contribution in [3.05, 3.63) is 66.3 Å². The quantitative estimate of drug-likeness (QED) is 0.414. The van der Waals surface area contributed by atoms with Crippen LogP contribution in [0.3, 0.4) is 0 Å². The zero-order valence-electron chi connectivity index (χ0n) is 12.7. The smallest absolute Gasteiger partial charge is 0.0809 e. The Balaban J connectivity index is 0. The minimum Gasteiger partial charge on any atom is -1.00 e. The van der Waals surface area contributed by atoms with Gasteiger partial charge in [-0.05, 0) is 0 Å². The summed E-state index contributed by atoms with van der Waals surface area (Å²) in [7, 11) is 0. The Hall–Kier alpha value is -0.179. The first-order valence-electron chi connectivity index (χ1n) is 6.46. The average Bonchev–Trinajstić information content (AvgIpc) is 2.99. The summed E-state index contributed by atoms with van der Waals surface area (Å²) in [4.78, 5) is 0. The van der Waals surface area contributed by atoms with Crippen molar-refractivity contribution in [2.45, 2.75) is 26.4 Å². The van der Waals surface area contributed by atoms with Crippen LogP contribution in [-0.2, 0) is 19.2 Å². The predicted octanol–water partition coefficient (Wildman–Crippen LogP) is -0.953. The van der Waals surface area contributed by atoms with Gasteiger partial charge in [-0.15, -0.1) is 36.1 Å². The summed E-state index contributed by atoms with van der Waals surface area (Å²) in [6.45, 7) is 6.60. The molecule has 3 rings (SSSR count). The van der Waals surface area contributed by atoms with E-state index in [-0.39, 0.29) is 31.0 Å². The van der Waals surface area contributed by atoms with E-state index in [1.165, 1.54) is 16.3 Å². The van der Waals surface area contributed by atoms with Crippen LogP contribution in [0.5, 0.6) is 0 Å². The summed E-state index contributed by atoms with van der Waals surface area (Å²) >= 11 is 2.27. The van der Waals surface area contributed by atoms with E-state index < -0.39 is 0 Å². The molecule has 0 saturated carbocycles. The topological polar surface area (TPSA) is 0 Å². The van der Waals surface area contributed by atoms with Gasteiger partial charge in [-0.1, -0.05) is 13.0 Å². The standard InChI is InChI=1S/C9H7.C6H7.C2H6Si.2ClH.Ti/c1-2-5-9-7-3-6-8(9)4-1;1-6-4-2-3-5-6;1-3-2;;;/h1-7H;2,4H,3H2,1H3;1-2H3;2*1H;/q2*-1;;;;+2/p-2. The van der Waals surface area contributed by atoms with E-state index >= 15 is 0 Å². The Morgan fingerprint density at radius 2 is 1.76 bits per heavy atom. The molecule has 0 aliphatic heterocycles. The molecular weight excluding hydrogens is 351 g/mol. The molecule has 0 radical (unpaired) electrons. The van der Waals surface area contributed by atoms with Gasteiger partial charge in [-0.2, -0.15) is 23.6 Å². The molecule has 112 valence electrons. The third-order valence-electron chi connectivity index (χ3n) is 2.41. The van der Waals surface area contributed by atoms with Crippen LogP contribution < -0.4 is 24.8 Å². The number of fused-ring (bicyclic) bond motifs is 1. The van der Waals surface area contributed by atoms with Crippen LogP contribution in [0.2, 0.25) is 13.1 Å². The fourth-order valence-corrected chi connectivity index (χ4v) is 1.58. The molecule has 0 N–H and O–H groups in total. The molecule has 1 aliphatic carbocycles. The van der Waals surface area contributed by atoms with Crippen molar-refractivity contribution >= 4 is 17.0 Å². The second kappa shape index (κ2) is 13.5. The van der Waals surface area contributed by atoms with Gasteiger partial charge in [0.25, 0.3) is 0 Å². The van der Waals surface area contributed by atoms with Gasteiger partial charge in [0.05, 0.1) is 0 Å². The van der Waals surface area contributed by atoms with E-state index in [0.29, 0.717) is 0 Å². The van der Waals surface area contributed by atoms with Crippen LogP contribution >= 0.6 is 0 Å². The molecule has 1 aliphatic rings. The zero-order valence-corrected chi connectivity index (χ0v) is 16.7. The normalized spacial score (nSPS) is 11.0. The van der Waals surface area contributed by atoms with Crippen LogP contribution in [0, 0.1) is 6.08 Å². The second-order valence-corrected chi connectivity index (χ2v) is 11.3. The molecule has 0 atom stereocenters. The van der Waals surface area contributed by atoms with Gasteiger partial charge in [0.15, 0.2) is 0 Å². The third kappa shape index (κ3) is 11.1. The van der Waals surface area contributed by atoms with E-state index in [0.717, 1.165) is 6.42 Å². The van der Waals surface area contributed by atoms with Crippen molar-refractivity contribution in [1.82, 2.24) is 0 Å². The van der Waals surface area contributed by atoms with Crippen molar-refractivity contribution in [2.75, 3.05) is 0 Å². The maximum Gasteiger partial charge on any atom is -0.0809 e. The van der Waals surface area contributed by atoms with Crippen LogP contribution in [-0.4, -0.2) is 6.19 Å². The van der Waals surface area contributed by atoms with E-state index in [2.05, 4.69) is 99.9 Å². The van der Waals surface area contributed by atoms with E-state index in [4.69, 9.17) is 0 Å².